The standard InChI is InChI=1S/C12H17N5OS/c1-4-8-10(13)11(17(3)16-8)12(18)15-6-9-14-5-7(2)19-9/h5H,4,6,13H2,1-3H3,(H,15,18). The van der Waals surface area contributed by atoms with Gasteiger partial charge < -0.3 is 11.1 Å². The van der Waals surface area contributed by atoms with Gasteiger partial charge in [0.1, 0.15) is 10.7 Å². The highest BCUT2D eigenvalue weighted by Crippen LogP contribution is 2.17. The highest BCUT2D eigenvalue weighted by molar-refractivity contribution is 7.11. The predicted octanol–water partition coefficient (Wildman–Crippen LogP) is 1.26. The lowest BCUT2D eigenvalue weighted by Crippen LogP contribution is -2.26. The molecule has 0 bridgehead atoms. The van der Waals surface area contributed by atoms with Crippen molar-refractivity contribution in [3.05, 3.63) is 27.5 Å². The van der Waals surface area contributed by atoms with Gasteiger partial charge in [0.15, 0.2) is 0 Å². The molecule has 0 aliphatic heterocycles. The van der Waals surface area contributed by atoms with Crippen LogP contribution >= 0.6 is 11.3 Å². The van der Waals surface area contributed by atoms with Crippen LogP contribution in [0.25, 0.3) is 0 Å². The van der Waals surface area contributed by atoms with Crippen LogP contribution in [-0.4, -0.2) is 20.7 Å². The van der Waals surface area contributed by atoms with Gasteiger partial charge in [0.05, 0.1) is 17.9 Å². The number of hydrogen-bond donors (Lipinski definition) is 2. The maximum atomic E-state index is 12.1. The maximum Gasteiger partial charge on any atom is 0.272 e. The van der Waals surface area contributed by atoms with Gasteiger partial charge in [-0.05, 0) is 13.3 Å². The van der Waals surface area contributed by atoms with E-state index >= 15 is 0 Å². The number of rotatable bonds is 4. The van der Waals surface area contributed by atoms with Crippen molar-refractivity contribution in [2.75, 3.05) is 5.73 Å². The van der Waals surface area contributed by atoms with E-state index in [2.05, 4.69) is 15.4 Å². The fraction of sp³-hybridized carbons (Fsp3) is 0.417. The first-order valence-electron chi connectivity index (χ1n) is 6.03. The molecule has 0 fully saturated rings. The molecular formula is C12H17N5OS. The van der Waals surface area contributed by atoms with E-state index in [9.17, 15) is 4.79 Å². The van der Waals surface area contributed by atoms with Crippen LogP contribution in [0.15, 0.2) is 6.20 Å². The summed E-state index contributed by atoms with van der Waals surface area (Å²) < 4.78 is 1.52. The number of nitrogens with one attached hydrogen (secondary N) is 1. The number of aryl methyl sites for hydroxylation is 3. The van der Waals surface area contributed by atoms with Crippen molar-refractivity contribution in [3.63, 3.8) is 0 Å². The quantitative estimate of drug-likeness (QED) is 0.882. The van der Waals surface area contributed by atoms with E-state index in [1.54, 1.807) is 24.6 Å². The average Bonchev–Trinajstić information content (AvgIpc) is 2.90. The van der Waals surface area contributed by atoms with E-state index in [0.29, 0.717) is 24.3 Å². The van der Waals surface area contributed by atoms with Crippen LogP contribution in [0.3, 0.4) is 0 Å². The summed E-state index contributed by atoms with van der Waals surface area (Å²) in [7, 11) is 1.72. The summed E-state index contributed by atoms with van der Waals surface area (Å²) in [6.45, 7) is 4.34. The second-order valence-electron chi connectivity index (χ2n) is 4.23. The van der Waals surface area contributed by atoms with Crippen molar-refractivity contribution in [3.8, 4) is 0 Å². The van der Waals surface area contributed by atoms with Gasteiger partial charge in [-0.25, -0.2) is 4.98 Å². The number of aromatic nitrogens is 3. The van der Waals surface area contributed by atoms with Gasteiger partial charge in [-0.2, -0.15) is 5.10 Å². The van der Waals surface area contributed by atoms with Crippen LogP contribution in [0.2, 0.25) is 0 Å². The third-order valence-electron chi connectivity index (χ3n) is 2.78. The van der Waals surface area contributed by atoms with E-state index in [1.165, 1.54) is 4.68 Å². The van der Waals surface area contributed by atoms with E-state index in [-0.39, 0.29) is 5.91 Å². The number of amides is 1. The number of hydrogen-bond acceptors (Lipinski definition) is 5. The number of nitrogens with zero attached hydrogens (tertiary/aromatic N) is 3. The van der Waals surface area contributed by atoms with Gasteiger partial charge in [-0.1, -0.05) is 6.92 Å². The van der Waals surface area contributed by atoms with E-state index in [4.69, 9.17) is 5.73 Å². The summed E-state index contributed by atoms with van der Waals surface area (Å²) in [6, 6.07) is 0. The molecule has 6 nitrogen and oxygen atoms in total. The summed E-state index contributed by atoms with van der Waals surface area (Å²) in [4.78, 5) is 17.4. The molecule has 3 N–H and O–H groups in total. The number of carbonyl (C=O) groups excluding carboxylic acids is 1. The number of carbonyl (C=O) groups is 1. The Labute approximate surface area is 115 Å². The molecule has 0 unspecified atom stereocenters. The van der Waals surface area contributed by atoms with Crippen molar-refractivity contribution >= 4 is 22.9 Å². The molecule has 0 radical (unpaired) electrons. The van der Waals surface area contributed by atoms with Gasteiger partial charge in [0.2, 0.25) is 0 Å². The predicted molar refractivity (Wildman–Crippen MR) is 75.0 cm³/mol. The minimum absolute atomic E-state index is 0.222. The summed E-state index contributed by atoms with van der Waals surface area (Å²) in [6.07, 6.45) is 2.50. The molecule has 0 atom stereocenters. The first-order chi connectivity index (χ1) is 9.02. The number of anilines is 1. The van der Waals surface area contributed by atoms with Crippen molar-refractivity contribution in [2.24, 2.45) is 7.05 Å². The Morgan fingerprint density at radius 2 is 2.32 bits per heavy atom. The summed E-state index contributed by atoms with van der Waals surface area (Å²) in [5.41, 5.74) is 7.54. The molecule has 2 aromatic heterocycles. The van der Waals surface area contributed by atoms with Gasteiger partial charge >= 0.3 is 0 Å². The molecular weight excluding hydrogens is 262 g/mol. The van der Waals surface area contributed by atoms with Crippen LogP contribution in [0.1, 0.15) is 33.0 Å². The summed E-state index contributed by atoms with van der Waals surface area (Å²) in [5.74, 6) is -0.222. The molecule has 0 saturated carbocycles. The topological polar surface area (TPSA) is 85.8 Å². The Morgan fingerprint density at radius 3 is 2.84 bits per heavy atom. The number of thiazole rings is 1. The van der Waals surface area contributed by atoms with Crippen molar-refractivity contribution in [2.45, 2.75) is 26.8 Å². The number of nitrogen functional groups attached to an aromatic ring is 1. The van der Waals surface area contributed by atoms with Gasteiger partial charge in [-0.3, -0.25) is 9.48 Å². The second-order valence-corrected chi connectivity index (χ2v) is 5.55. The molecule has 0 aliphatic rings. The summed E-state index contributed by atoms with van der Waals surface area (Å²) in [5, 5.41) is 7.92. The van der Waals surface area contributed by atoms with Crippen LogP contribution < -0.4 is 11.1 Å². The van der Waals surface area contributed by atoms with Gasteiger partial charge in [0.25, 0.3) is 5.91 Å². The smallest absolute Gasteiger partial charge is 0.272 e. The fourth-order valence-corrected chi connectivity index (χ4v) is 2.58. The molecule has 2 heterocycles. The SMILES string of the molecule is CCc1nn(C)c(C(=O)NCc2ncc(C)s2)c1N. The van der Waals surface area contributed by atoms with Crippen molar-refractivity contribution in [1.82, 2.24) is 20.1 Å². The monoisotopic (exact) mass is 279 g/mol. The first-order valence-corrected chi connectivity index (χ1v) is 6.85. The van der Waals surface area contributed by atoms with Crippen LogP contribution in [-0.2, 0) is 20.0 Å². The van der Waals surface area contributed by atoms with Gasteiger partial charge in [-0.15, -0.1) is 11.3 Å². The lowest BCUT2D eigenvalue weighted by atomic mass is 10.2. The Bertz CT molecular complexity index is 601. The molecule has 0 aromatic carbocycles. The first kappa shape index (κ1) is 13.5. The van der Waals surface area contributed by atoms with E-state index < -0.39 is 0 Å². The Kier molecular flexibility index (Phi) is 3.84. The van der Waals surface area contributed by atoms with Crippen molar-refractivity contribution in [1.29, 1.82) is 0 Å². The van der Waals surface area contributed by atoms with Crippen LogP contribution in [0, 0.1) is 6.92 Å². The summed E-state index contributed by atoms with van der Waals surface area (Å²) >= 11 is 1.56. The molecule has 2 rings (SSSR count). The molecule has 7 heteroatoms. The zero-order valence-electron chi connectivity index (χ0n) is 11.2. The van der Waals surface area contributed by atoms with Crippen LogP contribution in [0.4, 0.5) is 5.69 Å². The largest absolute Gasteiger partial charge is 0.395 e. The highest BCUT2D eigenvalue weighted by Gasteiger charge is 2.18. The average molecular weight is 279 g/mol. The Balaban J connectivity index is 2.10. The number of nitrogens with two attached hydrogens (primary N) is 1. The molecule has 102 valence electrons. The molecule has 19 heavy (non-hydrogen) atoms. The lowest BCUT2D eigenvalue weighted by molar-refractivity contribution is 0.0942. The normalized spacial score (nSPS) is 10.7. The zero-order valence-corrected chi connectivity index (χ0v) is 12.0. The molecule has 1 amide bonds. The maximum absolute atomic E-state index is 12.1. The Hall–Kier alpha value is -1.89. The minimum Gasteiger partial charge on any atom is -0.395 e. The molecule has 0 aliphatic carbocycles. The molecule has 2 aromatic rings. The fourth-order valence-electron chi connectivity index (χ4n) is 1.85. The molecule has 0 spiro atoms. The van der Waals surface area contributed by atoms with E-state index in [1.807, 2.05) is 13.8 Å². The van der Waals surface area contributed by atoms with E-state index in [0.717, 1.165) is 15.6 Å². The third-order valence-corrected chi connectivity index (χ3v) is 3.69. The van der Waals surface area contributed by atoms with Crippen LogP contribution in [0.5, 0.6) is 0 Å². The minimum atomic E-state index is -0.222. The second kappa shape index (κ2) is 5.40. The van der Waals surface area contributed by atoms with Gasteiger partial charge in [0, 0.05) is 18.1 Å². The van der Waals surface area contributed by atoms with Crippen molar-refractivity contribution < 1.29 is 4.79 Å². The Morgan fingerprint density at radius 1 is 1.58 bits per heavy atom. The third kappa shape index (κ3) is 2.76. The highest BCUT2D eigenvalue weighted by atomic mass is 32.1. The zero-order chi connectivity index (χ0) is 14.0. The molecule has 0 saturated heterocycles. The lowest BCUT2D eigenvalue weighted by Gasteiger charge is -2.04.